The van der Waals surface area contributed by atoms with Gasteiger partial charge >= 0.3 is 0 Å². The van der Waals surface area contributed by atoms with E-state index >= 15 is 0 Å². The number of benzene rings is 1. The highest BCUT2D eigenvalue weighted by Crippen LogP contribution is 2.24. The highest BCUT2D eigenvalue weighted by atomic mass is 32.1. The number of aryl methyl sites for hydroxylation is 2. The van der Waals surface area contributed by atoms with Crippen molar-refractivity contribution >= 4 is 36.4 Å². The third-order valence-corrected chi connectivity index (χ3v) is 4.37. The van der Waals surface area contributed by atoms with Crippen molar-refractivity contribution in [3.63, 3.8) is 0 Å². The summed E-state index contributed by atoms with van der Waals surface area (Å²) in [6.45, 7) is 6.52. The fourth-order valence-corrected chi connectivity index (χ4v) is 3.46. The van der Waals surface area contributed by atoms with Crippen LogP contribution in [0.3, 0.4) is 0 Å². The molecule has 0 N–H and O–H groups in total. The van der Waals surface area contributed by atoms with Crippen molar-refractivity contribution in [3.05, 3.63) is 22.8 Å². The molecule has 1 heterocycles. The van der Waals surface area contributed by atoms with E-state index in [4.69, 9.17) is 0 Å². The Morgan fingerprint density at radius 2 is 1.92 bits per heavy atom. The van der Waals surface area contributed by atoms with Crippen molar-refractivity contribution in [1.29, 1.82) is 0 Å². The molecule has 2 aromatic rings. The van der Waals surface area contributed by atoms with E-state index in [1.165, 1.54) is 31.5 Å². The van der Waals surface area contributed by atoms with Crippen LogP contribution in [-0.4, -0.2) is 15.2 Å². The van der Waals surface area contributed by atoms with Crippen LogP contribution in [0.1, 0.15) is 16.7 Å². The van der Waals surface area contributed by atoms with Crippen LogP contribution in [0.4, 0.5) is 0 Å². The lowest BCUT2D eigenvalue weighted by Gasteiger charge is -2.04. The molecule has 0 aliphatic heterocycles. The van der Waals surface area contributed by atoms with Crippen molar-refractivity contribution in [2.45, 2.75) is 20.8 Å². The average Bonchev–Trinajstić information content (AvgIpc) is 2.42. The molecule has 1 nitrogen and oxygen atoms in total. The summed E-state index contributed by atoms with van der Waals surface area (Å²) in [5.74, 6) is 0. The number of fused-ring (bicyclic) bond motifs is 1. The minimum Gasteiger partial charge on any atom is -0.247 e. The molecular formula is C10H13NSSi. The Hall–Kier alpha value is -0.673. The van der Waals surface area contributed by atoms with Crippen LogP contribution in [0.25, 0.3) is 10.2 Å². The van der Waals surface area contributed by atoms with Crippen LogP contribution in [0.5, 0.6) is 0 Å². The van der Waals surface area contributed by atoms with E-state index in [9.17, 15) is 0 Å². The Bertz CT molecular complexity index is 473. The standard InChI is InChI=1S/C10H13NSSi/c1-5-4-8-9(7(3)6(5)2)11-10(13)12-8/h4H,1-3,13H3. The van der Waals surface area contributed by atoms with Gasteiger partial charge in [-0.1, -0.05) is 0 Å². The highest BCUT2D eigenvalue weighted by molar-refractivity contribution is 7.25. The number of rotatable bonds is 0. The normalized spacial score (nSPS) is 11.3. The molecule has 68 valence electrons. The van der Waals surface area contributed by atoms with Crippen LogP contribution < -0.4 is 4.63 Å². The predicted octanol–water partition coefficient (Wildman–Crippen LogP) is 1.21. The van der Waals surface area contributed by atoms with Crippen LogP contribution in [0.15, 0.2) is 6.07 Å². The van der Waals surface area contributed by atoms with E-state index in [2.05, 4.69) is 31.8 Å². The lowest BCUT2D eigenvalue weighted by Crippen LogP contribution is -1.97. The quantitative estimate of drug-likeness (QED) is 0.592. The van der Waals surface area contributed by atoms with E-state index in [-0.39, 0.29) is 0 Å². The van der Waals surface area contributed by atoms with E-state index in [1.807, 2.05) is 11.3 Å². The number of hydrogen-bond acceptors (Lipinski definition) is 2. The topological polar surface area (TPSA) is 12.9 Å². The smallest absolute Gasteiger partial charge is 0.0841 e. The second-order valence-corrected chi connectivity index (χ2v) is 6.43. The van der Waals surface area contributed by atoms with Gasteiger partial charge in [0.2, 0.25) is 0 Å². The van der Waals surface area contributed by atoms with Crippen molar-refractivity contribution in [1.82, 2.24) is 4.98 Å². The van der Waals surface area contributed by atoms with Crippen LogP contribution >= 0.6 is 11.3 Å². The molecule has 0 unspecified atom stereocenters. The second kappa shape index (κ2) is 2.92. The molecule has 0 amide bonds. The maximum absolute atomic E-state index is 4.59. The molecule has 13 heavy (non-hydrogen) atoms. The summed E-state index contributed by atoms with van der Waals surface area (Å²) in [5.41, 5.74) is 5.35. The fourth-order valence-electron chi connectivity index (χ4n) is 1.59. The van der Waals surface area contributed by atoms with Crippen molar-refractivity contribution < 1.29 is 0 Å². The van der Waals surface area contributed by atoms with Gasteiger partial charge < -0.3 is 0 Å². The molecule has 0 spiro atoms. The molecule has 0 saturated heterocycles. The van der Waals surface area contributed by atoms with E-state index in [1.54, 1.807) is 0 Å². The first-order chi connectivity index (χ1) is 6.09. The van der Waals surface area contributed by atoms with E-state index in [0.717, 1.165) is 10.2 Å². The highest BCUT2D eigenvalue weighted by Gasteiger charge is 2.07. The average molecular weight is 207 g/mol. The van der Waals surface area contributed by atoms with Gasteiger partial charge in [-0.2, -0.15) is 0 Å². The molecule has 3 heteroatoms. The van der Waals surface area contributed by atoms with Gasteiger partial charge in [-0.25, -0.2) is 4.98 Å². The summed E-state index contributed by atoms with van der Waals surface area (Å²) in [4.78, 5) is 4.59. The molecular weight excluding hydrogens is 194 g/mol. The Morgan fingerprint density at radius 1 is 1.23 bits per heavy atom. The Kier molecular flexibility index (Phi) is 2.00. The fraction of sp³-hybridized carbons (Fsp3) is 0.300. The van der Waals surface area contributed by atoms with Gasteiger partial charge in [-0.05, 0) is 43.5 Å². The molecule has 0 bridgehead atoms. The summed E-state index contributed by atoms with van der Waals surface area (Å²) < 4.78 is 2.65. The van der Waals surface area contributed by atoms with E-state index < -0.39 is 0 Å². The summed E-state index contributed by atoms with van der Waals surface area (Å²) in [7, 11) is 1.06. The first kappa shape index (κ1) is 8.90. The number of thiazole rings is 1. The zero-order valence-electron chi connectivity index (χ0n) is 8.43. The minimum atomic E-state index is 1.06. The summed E-state index contributed by atoms with van der Waals surface area (Å²) >= 11 is 1.84. The summed E-state index contributed by atoms with van der Waals surface area (Å²) in [6.07, 6.45) is 0. The molecule has 0 aliphatic carbocycles. The van der Waals surface area contributed by atoms with Crippen molar-refractivity contribution in [2.24, 2.45) is 0 Å². The molecule has 0 aliphatic rings. The predicted molar refractivity (Wildman–Crippen MR) is 63.4 cm³/mol. The molecule has 0 radical (unpaired) electrons. The number of hydrogen-bond donors (Lipinski definition) is 0. The minimum absolute atomic E-state index is 1.06. The van der Waals surface area contributed by atoms with Gasteiger partial charge in [0.05, 0.1) is 25.1 Å². The van der Waals surface area contributed by atoms with Gasteiger partial charge in [0.15, 0.2) is 0 Å². The van der Waals surface area contributed by atoms with Crippen molar-refractivity contribution in [2.75, 3.05) is 0 Å². The Morgan fingerprint density at radius 3 is 2.62 bits per heavy atom. The van der Waals surface area contributed by atoms with Gasteiger partial charge in [0, 0.05) is 0 Å². The SMILES string of the molecule is Cc1cc2sc([SiH3])nc2c(C)c1C. The number of aromatic nitrogens is 1. The lowest BCUT2D eigenvalue weighted by atomic mass is 10.0. The molecule has 2 rings (SSSR count). The zero-order valence-corrected chi connectivity index (χ0v) is 11.2. The maximum atomic E-state index is 4.59. The Balaban J connectivity index is 2.92. The molecule has 1 aromatic carbocycles. The molecule has 0 fully saturated rings. The third-order valence-electron chi connectivity index (χ3n) is 2.62. The zero-order chi connectivity index (χ0) is 9.59. The third kappa shape index (κ3) is 1.32. The Labute approximate surface area is 85.2 Å². The van der Waals surface area contributed by atoms with Gasteiger partial charge in [0.25, 0.3) is 0 Å². The van der Waals surface area contributed by atoms with Gasteiger partial charge in [-0.15, -0.1) is 11.3 Å². The monoisotopic (exact) mass is 207 g/mol. The van der Waals surface area contributed by atoms with Crippen LogP contribution in [0, 0.1) is 20.8 Å². The van der Waals surface area contributed by atoms with Gasteiger partial charge in [-0.3, -0.25) is 0 Å². The molecule has 0 saturated carbocycles. The maximum Gasteiger partial charge on any atom is 0.0841 e. The molecule has 1 aromatic heterocycles. The largest absolute Gasteiger partial charge is 0.247 e. The van der Waals surface area contributed by atoms with Crippen molar-refractivity contribution in [3.8, 4) is 0 Å². The first-order valence-electron chi connectivity index (χ1n) is 4.43. The summed E-state index contributed by atoms with van der Waals surface area (Å²) in [5, 5.41) is 0. The lowest BCUT2D eigenvalue weighted by molar-refractivity contribution is 1.28. The first-order valence-corrected chi connectivity index (χ1v) is 6.25. The number of nitrogens with zero attached hydrogens (tertiary/aromatic N) is 1. The van der Waals surface area contributed by atoms with Crippen LogP contribution in [0.2, 0.25) is 0 Å². The van der Waals surface area contributed by atoms with Gasteiger partial charge in [0.1, 0.15) is 0 Å². The van der Waals surface area contributed by atoms with E-state index in [0.29, 0.717) is 0 Å². The second-order valence-electron chi connectivity index (χ2n) is 3.52. The summed E-state index contributed by atoms with van der Waals surface area (Å²) in [6, 6.07) is 2.26. The van der Waals surface area contributed by atoms with Crippen LogP contribution in [-0.2, 0) is 0 Å². The molecule has 0 atom stereocenters.